The normalized spacial score (nSPS) is 18.1. The monoisotopic (exact) mass is 853 g/mol. The van der Waals surface area contributed by atoms with E-state index in [0.29, 0.717) is 18.1 Å². The Hall–Kier alpha value is -4.74. The van der Waals surface area contributed by atoms with Gasteiger partial charge in [-0.05, 0) is 69.5 Å². The number of hydrogen-bond acceptors (Lipinski definition) is 10. The number of nitrogens with one attached hydrogen (secondary N) is 5. The molecule has 5 N–H and O–H groups in total. The average molecular weight is 854 g/mol. The molecule has 14 nitrogen and oxygen atoms in total. The number of ketones is 1. The highest BCUT2D eigenvalue weighted by atomic mass is 32.2. The van der Waals surface area contributed by atoms with Crippen LogP contribution in [0.4, 0.5) is 4.79 Å². The SMILES string of the molecule is CCC(NC(=O)CCCCC1SCC2NC(=O)NC21)C(=O)NCCNC(=O)c1ccc(C(=O)C(CS(=O)(=O)c2ccc(C)cc2)CS(=O)(=O)c2ccc(C)cc2)cc1. The van der Waals surface area contributed by atoms with Gasteiger partial charge in [0.25, 0.3) is 5.91 Å². The molecule has 4 unspecified atom stereocenters. The first kappa shape index (κ1) is 44.4. The molecule has 0 radical (unpaired) electrons. The van der Waals surface area contributed by atoms with Gasteiger partial charge in [0.1, 0.15) is 6.04 Å². The number of Topliss-reactive ketones (excluding diaryl/α,β-unsaturated/α-hetero) is 1. The maximum Gasteiger partial charge on any atom is 0.315 e. The molecule has 0 spiro atoms. The standard InChI is InChI=1S/C41H51N5O9S3/c1-4-33(44-36(47)8-6-5-7-35-37-34(23-56-35)45-41(51)46-37)40(50)43-22-21-42-39(49)29-15-13-28(14-16-29)38(48)30(24-57(52,53)31-17-9-26(2)10-18-31)25-58(54,55)32-19-11-27(3)12-20-32/h9-20,30,33-35,37H,4-8,21-25H2,1-3H3,(H,42,49)(H,43,50)(H,44,47)(H2,45,46,51). The Balaban J connectivity index is 1.10. The van der Waals surface area contributed by atoms with Gasteiger partial charge in [0, 0.05) is 41.6 Å². The summed E-state index contributed by atoms with van der Waals surface area (Å²) in [5, 5.41) is 14.4. The summed E-state index contributed by atoms with van der Waals surface area (Å²) < 4.78 is 53.7. The number of carbonyl (C=O) groups is 5. The summed E-state index contributed by atoms with van der Waals surface area (Å²) in [5.74, 6) is -3.84. The van der Waals surface area contributed by atoms with E-state index in [2.05, 4.69) is 26.6 Å². The minimum Gasteiger partial charge on any atom is -0.353 e. The van der Waals surface area contributed by atoms with Gasteiger partial charge in [0.05, 0.1) is 39.3 Å². The maximum atomic E-state index is 13.8. The number of amides is 5. The van der Waals surface area contributed by atoms with Gasteiger partial charge in [-0.25, -0.2) is 21.6 Å². The third-order valence-corrected chi connectivity index (χ3v) is 15.4. The lowest BCUT2D eigenvalue weighted by Crippen LogP contribution is -2.47. The van der Waals surface area contributed by atoms with E-state index in [-0.39, 0.29) is 70.4 Å². The molecule has 17 heteroatoms. The molecule has 5 amide bonds. The Morgan fingerprint density at radius 1 is 0.759 bits per heavy atom. The van der Waals surface area contributed by atoms with Crippen LogP contribution in [0.3, 0.4) is 0 Å². The number of benzene rings is 3. The second-order valence-electron chi connectivity index (χ2n) is 14.8. The zero-order chi connectivity index (χ0) is 42.0. The largest absolute Gasteiger partial charge is 0.353 e. The molecule has 0 aromatic heterocycles. The van der Waals surface area contributed by atoms with E-state index in [1.165, 1.54) is 48.5 Å². The predicted octanol–water partition coefficient (Wildman–Crippen LogP) is 3.52. The molecule has 3 aromatic rings. The van der Waals surface area contributed by atoms with Crippen molar-refractivity contribution in [2.75, 3.05) is 30.3 Å². The third kappa shape index (κ3) is 11.9. The topological polar surface area (TPSA) is 214 Å². The quantitative estimate of drug-likeness (QED) is 0.0634. The smallest absolute Gasteiger partial charge is 0.315 e. The highest BCUT2D eigenvalue weighted by molar-refractivity contribution is 8.00. The molecule has 4 atom stereocenters. The third-order valence-electron chi connectivity index (χ3n) is 10.3. The van der Waals surface area contributed by atoms with Gasteiger partial charge in [0.15, 0.2) is 25.5 Å². The van der Waals surface area contributed by atoms with Crippen molar-refractivity contribution in [1.82, 2.24) is 26.6 Å². The Morgan fingerprint density at radius 2 is 1.31 bits per heavy atom. The fraction of sp³-hybridized carbons (Fsp3) is 0.439. The average Bonchev–Trinajstić information content (AvgIpc) is 3.75. The first-order valence-electron chi connectivity index (χ1n) is 19.3. The number of urea groups is 1. The molecule has 5 rings (SSSR count). The molecule has 0 aliphatic carbocycles. The van der Waals surface area contributed by atoms with Crippen LogP contribution in [-0.4, -0.2) is 100 Å². The van der Waals surface area contributed by atoms with Gasteiger partial charge >= 0.3 is 6.03 Å². The van der Waals surface area contributed by atoms with Gasteiger partial charge in [-0.3, -0.25) is 19.2 Å². The number of sulfone groups is 2. The van der Waals surface area contributed by atoms with Gasteiger partial charge in [-0.2, -0.15) is 11.8 Å². The second kappa shape index (κ2) is 19.8. The maximum absolute atomic E-state index is 13.8. The summed E-state index contributed by atoms with van der Waals surface area (Å²) in [4.78, 5) is 63.6. The number of unbranched alkanes of at least 4 members (excludes halogenated alkanes) is 1. The Bertz CT molecular complexity index is 2100. The highest BCUT2D eigenvalue weighted by Crippen LogP contribution is 2.33. The summed E-state index contributed by atoms with van der Waals surface area (Å²) in [7, 11) is -8.14. The van der Waals surface area contributed by atoms with Crippen LogP contribution in [0.2, 0.25) is 0 Å². The number of rotatable bonds is 20. The summed E-state index contributed by atoms with van der Waals surface area (Å²) in [6.07, 6.45) is 3.02. The van der Waals surface area contributed by atoms with Gasteiger partial charge in [-0.1, -0.05) is 60.9 Å². The van der Waals surface area contributed by atoms with E-state index in [4.69, 9.17) is 0 Å². The van der Waals surface area contributed by atoms with Crippen LogP contribution < -0.4 is 26.6 Å². The van der Waals surface area contributed by atoms with E-state index in [0.717, 1.165) is 29.7 Å². The van der Waals surface area contributed by atoms with Crippen LogP contribution in [0.25, 0.3) is 0 Å². The van der Waals surface area contributed by atoms with Crippen LogP contribution in [0.1, 0.15) is 70.9 Å². The van der Waals surface area contributed by atoms with Crippen molar-refractivity contribution >= 4 is 61.0 Å². The summed E-state index contributed by atoms with van der Waals surface area (Å²) in [5.41, 5.74) is 1.91. The van der Waals surface area contributed by atoms with Crippen LogP contribution >= 0.6 is 11.8 Å². The Kier molecular flexibility index (Phi) is 15.2. The van der Waals surface area contributed by atoms with Crippen molar-refractivity contribution in [2.45, 2.75) is 86.0 Å². The van der Waals surface area contributed by atoms with Crippen LogP contribution in [0.15, 0.2) is 82.6 Å². The van der Waals surface area contributed by atoms with Gasteiger partial charge in [0.2, 0.25) is 11.8 Å². The summed E-state index contributed by atoms with van der Waals surface area (Å²) in [6, 6.07) is 17.1. The van der Waals surface area contributed by atoms with E-state index >= 15 is 0 Å². The number of hydrogen-bond donors (Lipinski definition) is 5. The fourth-order valence-electron chi connectivity index (χ4n) is 6.92. The van der Waals surface area contributed by atoms with E-state index in [9.17, 15) is 40.8 Å². The molecular formula is C41H51N5O9S3. The molecule has 0 bridgehead atoms. The minimum absolute atomic E-state index is 0.0268. The van der Waals surface area contributed by atoms with Gasteiger partial charge < -0.3 is 26.6 Å². The van der Waals surface area contributed by atoms with Crippen LogP contribution in [0, 0.1) is 19.8 Å². The van der Waals surface area contributed by atoms with Crippen molar-refractivity contribution < 1.29 is 40.8 Å². The number of aryl methyl sites for hydroxylation is 2. The van der Waals surface area contributed by atoms with Crippen molar-refractivity contribution in [3.05, 3.63) is 95.1 Å². The highest BCUT2D eigenvalue weighted by Gasteiger charge is 2.42. The van der Waals surface area contributed by atoms with Crippen molar-refractivity contribution in [3.63, 3.8) is 0 Å². The zero-order valence-corrected chi connectivity index (χ0v) is 35.2. The molecule has 0 saturated carbocycles. The number of thioether (sulfide) groups is 1. The molecule has 312 valence electrons. The lowest BCUT2D eigenvalue weighted by Gasteiger charge is -2.18. The van der Waals surface area contributed by atoms with Crippen LogP contribution in [0.5, 0.6) is 0 Å². The van der Waals surface area contributed by atoms with Crippen LogP contribution in [-0.2, 0) is 29.3 Å². The first-order chi connectivity index (χ1) is 27.6. The van der Waals surface area contributed by atoms with E-state index in [1.807, 2.05) is 11.8 Å². The molecular weight excluding hydrogens is 803 g/mol. The van der Waals surface area contributed by atoms with E-state index in [1.54, 1.807) is 45.0 Å². The lowest BCUT2D eigenvalue weighted by atomic mass is 9.99. The van der Waals surface area contributed by atoms with Crippen molar-refractivity contribution in [3.8, 4) is 0 Å². The van der Waals surface area contributed by atoms with Crippen molar-refractivity contribution in [1.29, 1.82) is 0 Å². The number of fused-ring (bicyclic) bond motifs is 1. The lowest BCUT2D eigenvalue weighted by molar-refractivity contribution is -0.129. The molecule has 2 aliphatic heterocycles. The molecule has 58 heavy (non-hydrogen) atoms. The fourth-order valence-corrected chi connectivity index (χ4v) is 11.7. The molecule has 3 aromatic carbocycles. The summed E-state index contributed by atoms with van der Waals surface area (Å²) in [6.45, 7) is 5.55. The molecule has 2 fully saturated rings. The summed E-state index contributed by atoms with van der Waals surface area (Å²) >= 11 is 1.82. The van der Waals surface area contributed by atoms with Gasteiger partial charge in [-0.15, -0.1) is 0 Å². The zero-order valence-electron chi connectivity index (χ0n) is 32.8. The Labute approximate surface area is 344 Å². The molecule has 2 saturated heterocycles. The Morgan fingerprint density at radius 3 is 1.88 bits per heavy atom. The molecule has 2 aliphatic rings. The van der Waals surface area contributed by atoms with E-state index < -0.39 is 54.8 Å². The minimum atomic E-state index is -4.07. The predicted molar refractivity (Wildman–Crippen MR) is 222 cm³/mol. The molecule has 2 heterocycles. The first-order valence-corrected chi connectivity index (χ1v) is 23.7. The number of carbonyl (C=O) groups excluding carboxylic acids is 5. The van der Waals surface area contributed by atoms with Crippen molar-refractivity contribution in [2.24, 2.45) is 5.92 Å². The second-order valence-corrected chi connectivity index (χ2v) is 20.1.